The van der Waals surface area contributed by atoms with Gasteiger partial charge in [0.1, 0.15) is 0 Å². The summed E-state index contributed by atoms with van der Waals surface area (Å²) in [6, 6.07) is 0.161. The molecule has 1 aliphatic carbocycles. The van der Waals surface area contributed by atoms with Crippen molar-refractivity contribution in [2.75, 3.05) is 13.1 Å². The first-order chi connectivity index (χ1) is 7.92. The maximum atomic E-state index is 12.2. The number of hydrogen-bond donors (Lipinski definition) is 2. The number of nitrogens with two attached hydrogens (primary N) is 2. The fourth-order valence-corrected chi connectivity index (χ4v) is 2.85. The first-order valence-electron chi connectivity index (χ1n) is 6.27. The number of amides is 2. The maximum Gasteiger partial charge on any atom is 0.225 e. The second kappa shape index (κ2) is 4.29. The highest BCUT2D eigenvalue weighted by molar-refractivity contribution is 5.84. The second-order valence-electron chi connectivity index (χ2n) is 5.70. The predicted octanol–water partition coefficient (Wildman–Crippen LogP) is -0.162. The zero-order valence-corrected chi connectivity index (χ0v) is 10.3. The first-order valence-corrected chi connectivity index (χ1v) is 6.27. The summed E-state index contributed by atoms with van der Waals surface area (Å²) in [5, 5.41) is 0. The van der Waals surface area contributed by atoms with E-state index in [1.54, 1.807) is 4.90 Å². The van der Waals surface area contributed by atoms with Gasteiger partial charge in [-0.25, -0.2) is 0 Å². The van der Waals surface area contributed by atoms with Gasteiger partial charge < -0.3 is 16.4 Å². The summed E-state index contributed by atoms with van der Waals surface area (Å²) >= 11 is 0. The molecule has 0 spiro atoms. The molecule has 4 N–H and O–H groups in total. The average Bonchev–Trinajstić information content (AvgIpc) is 2.85. The van der Waals surface area contributed by atoms with Crippen molar-refractivity contribution < 1.29 is 9.59 Å². The molecule has 0 aromatic heterocycles. The third kappa shape index (κ3) is 2.29. The maximum absolute atomic E-state index is 12.2. The molecule has 2 rings (SSSR count). The number of likely N-dealkylation sites (tertiary alicyclic amines) is 1. The number of nitrogens with zero attached hydrogens (tertiary/aromatic N) is 1. The van der Waals surface area contributed by atoms with Gasteiger partial charge in [-0.2, -0.15) is 0 Å². The number of carbonyl (C=O) groups excluding carboxylic acids is 2. The summed E-state index contributed by atoms with van der Waals surface area (Å²) in [6.07, 6.45) is 3.26. The highest BCUT2D eigenvalue weighted by Crippen LogP contribution is 2.33. The van der Waals surface area contributed by atoms with E-state index < -0.39 is 5.41 Å². The van der Waals surface area contributed by atoms with Crippen LogP contribution < -0.4 is 11.5 Å². The molecule has 1 saturated carbocycles. The zero-order valence-electron chi connectivity index (χ0n) is 10.3. The summed E-state index contributed by atoms with van der Waals surface area (Å²) in [7, 11) is 0. The first kappa shape index (κ1) is 12.4. The van der Waals surface area contributed by atoms with Gasteiger partial charge in [0.2, 0.25) is 11.8 Å². The molecule has 1 heterocycles. The zero-order chi connectivity index (χ0) is 12.6. The smallest absolute Gasteiger partial charge is 0.225 e. The lowest BCUT2D eigenvalue weighted by Crippen LogP contribution is -2.40. The number of rotatable bonds is 2. The molecule has 5 nitrogen and oxygen atoms in total. The Balaban J connectivity index is 1.97. The van der Waals surface area contributed by atoms with Gasteiger partial charge in [-0.15, -0.1) is 0 Å². The fraction of sp³-hybridized carbons (Fsp3) is 0.833. The summed E-state index contributed by atoms with van der Waals surface area (Å²) < 4.78 is 0. The van der Waals surface area contributed by atoms with E-state index in [0.29, 0.717) is 19.5 Å². The van der Waals surface area contributed by atoms with E-state index in [1.807, 2.05) is 6.92 Å². The van der Waals surface area contributed by atoms with Gasteiger partial charge in [0, 0.05) is 25.0 Å². The van der Waals surface area contributed by atoms with Crippen LogP contribution in [0, 0.1) is 11.3 Å². The van der Waals surface area contributed by atoms with Gasteiger partial charge in [-0.3, -0.25) is 9.59 Å². The predicted molar refractivity (Wildman–Crippen MR) is 63.8 cm³/mol. The van der Waals surface area contributed by atoms with Crippen LogP contribution in [0.15, 0.2) is 0 Å². The average molecular weight is 239 g/mol. The van der Waals surface area contributed by atoms with Crippen LogP contribution in [0.2, 0.25) is 0 Å². The highest BCUT2D eigenvalue weighted by atomic mass is 16.2. The minimum Gasteiger partial charge on any atom is -0.369 e. The number of primary amides is 1. The minimum absolute atomic E-state index is 0.0558. The van der Waals surface area contributed by atoms with E-state index >= 15 is 0 Å². The molecule has 1 aliphatic heterocycles. The summed E-state index contributed by atoms with van der Waals surface area (Å²) in [5.74, 6) is -0.0981. The van der Waals surface area contributed by atoms with Crippen LogP contribution in [0.1, 0.15) is 32.6 Å². The van der Waals surface area contributed by atoms with Crippen LogP contribution in [-0.4, -0.2) is 35.8 Å². The van der Waals surface area contributed by atoms with E-state index in [1.165, 1.54) is 0 Å². The molecule has 2 fully saturated rings. The molecular formula is C12H21N3O2. The fourth-order valence-electron chi connectivity index (χ4n) is 2.85. The standard InChI is InChI=1S/C12H21N3O2/c1-12(11(14)17)4-5-15(7-12)10(16)8-2-3-9(13)6-8/h8-9H,2-7,13H2,1H3,(H2,14,17). The van der Waals surface area contributed by atoms with E-state index in [4.69, 9.17) is 11.5 Å². The van der Waals surface area contributed by atoms with Crippen molar-refractivity contribution in [3.8, 4) is 0 Å². The van der Waals surface area contributed by atoms with Crippen LogP contribution >= 0.6 is 0 Å². The van der Waals surface area contributed by atoms with Crippen molar-refractivity contribution in [3.63, 3.8) is 0 Å². The molecule has 0 bridgehead atoms. The lowest BCUT2D eigenvalue weighted by Gasteiger charge is -2.23. The lowest BCUT2D eigenvalue weighted by molar-refractivity contribution is -0.135. The Morgan fingerprint density at radius 1 is 1.35 bits per heavy atom. The van der Waals surface area contributed by atoms with Gasteiger partial charge in [0.15, 0.2) is 0 Å². The van der Waals surface area contributed by atoms with Gasteiger partial charge >= 0.3 is 0 Å². The molecule has 3 unspecified atom stereocenters. The molecule has 0 aromatic carbocycles. The SMILES string of the molecule is CC1(C(N)=O)CCN(C(=O)C2CCC(N)C2)C1. The van der Waals surface area contributed by atoms with Crippen molar-refractivity contribution in [2.45, 2.75) is 38.6 Å². The normalized spacial score (nSPS) is 37.4. The Hall–Kier alpha value is -1.10. The number of carbonyl (C=O) groups is 2. The Kier molecular flexibility index (Phi) is 3.12. The lowest BCUT2D eigenvalue weighted by atomic mass is 9.89. The van der Waals surface area contributed by atoms with Gasteiger partial charge in [-0.05, 0) is 32.6 Å². The third-order valence-electron chi connectivity index (χ3n) is 4.20. The van der Waals surface area contributed by atoms with E-state index in [-0.39, 0.29) is 23.8 Å². The summed E-state index contributed by atoms with van der Waals surface area (Å²) in [5.41, 5.74) is 10.6. The topological polar surface area (TPSA) is 89.4 Å². The Morgan fingerprint density at radius 2 is 2.06 bits per heavy atom. The van der Waals surface area contributed by atoms with E-state index in [0.717, 1.165) is 19.3 Å². The van der Waals surface area contributed by atoms with Crippen LogP contribution in [0.25, 0.3) is 0 Å². The number of hydrogen-bond acceptors (Lipinski definition) is 3. The molecule has 3 atom stereocenters. The van der Waals surface area contributed by atoms with Gasteiger partial charge in [-0.1, -0.05) is 0 Å². The van der Waals surface area contributed by atoms with E-state index in [2.05, 4.69) is 0 Å². The van der Waals surface area contributed by atoms with Gasteiger partial charge in [0.05, 0.1) is 5.41 Å². The monoisotopic (exact) mass is 239 g/mol. The van der Waals surface area contributed by atoms with Crippen molar-refractivity contribution >= 4 is 11.8 Å². The quantitative estimate of drug-likeness (QED) is 0.701. The van der Waals surface area contributed by atoms with Crippen LogP contribution in [0.5, 0.6) is 0 Å². The summed E-state index contributed by atoms with van der Waals surface area (Å²) in [4.78, 5) is 25.3. The molecule has 2 aliphatic rings. The second-order valence-corrected chi connectivity index (χ2v) is 5.70. The molecule has 2 amide bonds. The Labute approximate surface area is 102 Å². The third-order valence-corrected chi connectivity index (χ3v) is 4.20. The van der Waals surface area contributed by atoms with Crippen molar-refractivity contribution in [3.05, 3.63) is 0 Å². The van der Waals surface area contributed by atoms with Crippen LogP contribution in [-0.2, 0) is 9.59 Å². The summed E-state index contributed by atoms with van der Waals surface area (Å²) in [6.45, 7) is 2.94. The van der Waals surface area contributed by atoms with E-state index in [9.17, 15) is 9.59 Å². The largest absolute Gasteiger partial charge is 0.369 e. The van der Waals surface area contributed by atoms with Crippen molar-refractivity contribution in [2.24, 2.45) is 22.8 Å². The molecule has 17 heavy (non-hydrogen) atoms. The molecule has 96 valence electrons. The molecule has 0 radical (unpaired) electrons. The van der Waals surface area contributed by atoms with Crippen LogP contribution in [0.3, 0.4) is 0 Å². The molecular weight excluding hydrogens is 218 g/mol. The molecule has 0 aromatic rings. The molecule has 5 heteroatoms. The van der Waals surface area contributed by atoms with Crippen LogP contribution in [0.4, 0.5) is 0 Å². The Bertz CT molecular complexity index is 345. The Morgan fingerprint density at radius 3 is 2.53 bits per heavy atom. The van der Waals surface area contributed by atoms with Gasteiger partial charge in [0.25, 0.3) is 0 Å². The highest BCUT2D eigenvalue weighted by Gasteiger charge is 2.42. The van der Waals surface area contributed by atoms with Crippen molar-refractivity contribution in [1.82, 2.24) is 4.90 Å². The van der Waals surface area contributed by atoms with Crippen molar-refractivity contribution in [1.29, 1.82) is 0 Å². The minimum atomic E-state index is -0.545. The molecule has 1 saturated heterocycles.